The predicted octanol–water partition coefficient (Wildman–Crippen LogP) is 3.74. The van der Waals surface area contributed by atoms with Crippen LogP contribution in [0, 0.1) is 11.7 Å². The lowest BCUT2D eigenvalue weighted by Gasteiger charge is -2.31. The summed E-state index contributed by atoms with van der Waals surface area (Å²) in [6.45, 7) is 3.64. The molecule has 0 saturated carbocycles. The molecule has 0 bridgehead atoms. The standard InChI is InChI=1S/C13H16ClFN2O/c1-9-3-2-6-17(8-9)13(18)16-12-5-4-10(15)7-11(12)14/h4-5,7,9H,2-3,6,8H2,1H3,(H,16,18). The van der Waals surface area contributed by atoms with Crippen LogP contribution >= 0.6 is 11.6 Å². The number of urea groups is 1. The molecule has 3 nitrogen and oxygen atoms in total. The molecule has 2 amide bonds. The van der Waals surface area contributed by atoms with Gasteiger partial charge in [-0.2, -0.15) is 0 Å². The minimum absolute atomic E-state index is 0.171. The van der Waals surface area contributed by atoms with Crippen LogP contribution in [0.4, 0.5) is 14.9 Å². The molecule has 1 saturated heterocycles. The Bertz CT molecular complexity index is 453. The molecule has 5 heteroatoms. The van der Waals surface area contributed by atoms with Gasteiger partial charge in [0.1, 0.15) is 5.82 Å². The van der Waals surface area contributed by atoms with Crippen LogP contribution in [0.25, 0.3) is 0 Å². The maximum absolute atomic E-state index is 12.9. The molecule has 0 aliphatic carbocycles. The zero-order valence-corrected chi connectivity index (χ0v) is 11.0. The van der Waals surface area contributed by atoms with Crippen LogP contribution in [-0.2, 0) is 0 Å². The summed E-state index contributed by atoms with van der Waals surface area (Å²) in [5.41, 5.74) is 0.446. The van der Waals surface area contributed by atoms with Gasteiger partial charge in [-0.3, -0.25) is 0 Å². The number of carbonyl (C=O) groups excluding carboxylic acids is 1. The first-order chi connectivity index (χ1) is 8.56. The second-order valence-corrected chi connectivity index (χ2v) is 5.15. The molecule has 1 N–H and O–H groups in total. The monoisotopic (exact) mass is 270 g/mol. The normalized spacial score (nSPS) is 19.7. The lowest BCUT2D eigenvalue weighted by molar-refractivity contribution is 0.182. The molecule has 1 aliphatic heterocycles. The molecular weight excluding hydrogens is 255 g/mol. The van der Waals surface area contributed by atoms with Gasteiger partial charge < -0.3 is 10.2 Å². The number of piperidine rings is 1. The summed E-state index contributed by atoms with van der Waals surface area (Å²) in [6.07, 6.45) is 2.17. The molecule has 1 aromatic rings. The zero-order valence-electron chi connectivity index (χ0n) is 10.2. The third-order valence-electron chi connectivity index (χ3n) is 3.12. The van der Waals surface area contributed by atoms with Crippen LogP contribution in [0.5, 0.6) is 0 Å². The lowest BCUT2D eigenvalue weighted by Crippen LogP contribution is -2.41. The fourth-order valence-electron chi connectivity index (χ4n) is 2.16. The molecule has 1 heterocycles. The van der Waals surface area contributed by atoms with Gasteiger partial charge in [0.25, 0.3) is 0 Å². The van der Waals surface area contributed by atoms with E-state index in [2.05, 4.69) is 12.2 Å². The minimum Gasteiger partial charge on any atom is -0.324 e. The summed E-state index contributed by atoms with van der Waals surface area (Å²) in [4.78, 5) is 13.8. The average Bonchev–Trinajstić information content (AvgIpc) is 2.32. The number of anilines is 1. The number of rotatable bonds is 1. The SMILES string of the molecule is CC1CCCN(C(=O)Nc2ccc(F)cc2Cl)C1. The first kappa shape index (κ1) is 13.1. The maximum Gasteiger partial charge on any atom is 0.321 e. The molecule has 0 aromatic heterocycles. The van der Waals surface area contributed by atoms with Gasteiger partial charge in [-0.05, 0) is 37.0 Å². The predicted molar refractivity (Wildman–Crippen MR) is 70.4 cm³/mol. The molecular formula is C13H16ClFN2O. The van der Waals surface area contributed by atoms with Gasteiger partial charge in [0.15, 0.2) is 0 Å². The van der Waals surface area contributed by atoms with E-state index < -0.39 is 5.82 Å². The van der Waals surface area contributed by atoms with E-state index in [1.165, 1.54) is 18.2 Å². The Labute approximate surface area is 111 Å². The zero-order chi connectivity index (χ0) is 13.1. The van der Waals surface area contributed by atoms with Crippen LogP contribution < -0.4 is 5.32 Å². The Morgan fingerprint density at radius 2 is 2.33 bits per heavy atom. The number of benzene rings is 1. The Morgan fingerprint density at radius 3 is 3.00 bits per heavy atom. The highest BCUT2D eigenvalue weighted by molar-refractivity contribution is 6.33. The number of nitrogens with zero attached hydrogens (tertiary/aromatic N) is 1. The molecule has 18 heavy (non-hydrogen) atoms. The summed E-state index contributed by atoms with van der Waals surface area (Å²) in [5, 5.41) is 2.93. The summed E-state index contributed by atoms with van der Waals surface area (Å²) >= 11 is 5.87. The van der Waals surface area contributed by atoms with E-state index in [9.17, 15) is 9.18 Å². The summed E-state index contributed by atoms with van der Waals surface area (Å²) in [5.74, 6) is 0.109. The molecule has 2 rings (SSSR count). The van der Waals surface area contributed by atoms with Crippen molar-refractivity contribution in [1.29, 1.82) is 0 Å². The topological polar surface area (TPSA) is 32.3 Å². The number of hydrogen-bond acceptors (Lipinski definition) is 1. The van der Waals surface area contributed by atoms with Gasteiger partial charge in [-0.1, -0.05) is 18.5 Å². The van der Waals surface area contributed by atoms with E-state index in [4.69, 9.17) is 11.6 Å². The first-order valence-electron chi connectivity index (χ1n) is 6.07. The molecule has 1 atom stereocenters. The third-order valence-corrected chi connectivity index (χ3v) is 3.43. The van der Waals surface area contributed by atoms with Crippen LogP contribution in [0.3, 0.4) is 0 Å². The fourth-order valence-corrected chi connectivity index (χ4v) is 2.37. The van der Waals surface area contributed by atoms with E-state index in [-0.39, 0.29) is 11.1 Å². The van der Waals surface area contributed by atoms with Crippen LogP contribution in [0.2, 0.25) is 5.02 Å². The van der Waals surface area contributed by atoms with E-state index in [0.717, 1.165) is 25.9 Å². The van der Waals surface area contributed by atoms with E-state index in [0.29, 0.717) is 11.6 Å². The van der Waals surface area contributed by atoms with Crippen molar-refractivity contribution in [1.82, 2.24) is 4.90 Å². The van der Waals surface area contributed by atoms with Crippen molar-refractivity contribution in [3.8, 4) is 0 Å². The number of amides is 2. The quantitative estimate of drug-likeness (QED) is 0.828. The van der Waals surface area contributed by atoms with Crippen molar-refractivity contribution in [3.63, 3.8) is 0 Å². The molecule has 1 aliphatic rings. The highest BCUT2D eigenvalue weighted by Gasteiger charge is 2.21. The van der Waals surface area contributed by atoms with E-state index >= 15 is 0 Å². The average molecular weight is 271 g/mol. The van der Waals surface area contributed by atoms with Gasteiger partial charge in [-0.15, -0.1) is 0 Å². The second kappa shape index (κ2) is 5.57. The van der Waals surface area contributed by atoms with Crippen molar-refractivity contribution in [2.45, 2.75) is 19.8 Å². The number of hydrogen-bond donors (Lipinski definition) is 1. The molecule has 98 valence electrons. The van der Waals surface area contributed by atoms with Crippen LogP contribution in [0.15, 0.2) is 18.2 Å². The third kappa shape index (κ3) is 3.13. The second-order valence-electron chi connectivity index (χ2n) is 4.75. The van der Waals surface area contributed by atoms with Crippen LogP contribution in [-0.4, -0.2) is 24.0 Å². The smallest absolute Gasteiger partial charge is 0.321 e. The van der Waals surface area contributed by atoms with Gasteiger partial charge in [0.2, 0.25) is 0 Å². The summed E-state index contributed by atoms with van der Waals surface area (Å²) < 4.78 is 12.9. The van der Waals surface area contributed by atoms with Crippen molar-refractivity contribution in [3.05, 3.63) is 29.0 Å². The van der Waals surface area contributed by atoms with Gasteiger partial charge in [0.05, 0.1) is 10.7 Å². The van der Waals surface area contributed by atoms with Crippen molar-refractivity contribution < 1.29 is 9.18 Å². The number of halogens is 2. The highest BCUT2D eigenvalue weighted by atomic mass is 35.5. The number of likely N-dealkylation sites (tertiary alicyclic amines) is 1. The number of carbonyl (C=O) groups is 1. The van der Waals surface area contributed by atoms with Crippen molar-refractivity contribution in [2.24, 2.45) is 5.92 Å². The van der Waals surface area contributed by atoms with Gasteiger partial charge in [-0.25, -0.2) is 9.18 Å². The van der Waals surface area contributed by atoms with Crippen molar-refractivity contribution >= 4 is 23.3 Å². The highest BCUT2D eigenvalue weighted by Crippen LogP contribution is 2.23. The number of nitrogens with one attached hydrogen (secondary N) is 1. The molecule has 1 unspecified atom stereocenters. The fraction of sp³-hybridized carbons (Fsp3) is 0.462. The lowest BCUT2D eigenvalue weighted by atomic mass is 10.0. The minimum atomic E-state index is -0.412. The van der Waals surface area contributed by atoms with Crippen molar-refractivity contribution in [2.75, 3.05) is 18.4 Å². The Hall–Kier alpha value is -1.29. The Balaban J connectivity index is 2.02. The molecule has 0 radical (unpaired) electrons. The largest absolute Gasteiger partial charge is 0.324 e. The molecule has 0 spiro atoms. The first-order valence-corrected chi connectivity index (χ1v) is 6.45. The van der Waals surface area contributed by atoms with Gasteiger partial charge >= 0.3 is 6.03 Å². The van der Waals surface area contributed by atoms with E-state index in [1.54, 1.807) is 4.90 Å². The Kier molecular flexibility index (Phi) is 4.07. The summed E-state index contributed by atoms with van der Waals surface area (Å²) in [6, 6.07) is 3.77. The maximum atomic E-state index is 12.9. The van der Waals surface area contributed by atoms with Crippen LogP contribution in [0.1, 0.15) is 19.8 Å². The molecule has 1 fully saturated rings. The summed E-state index contributed by atoms with van der Waals surface area (Å²) in [7, 11) is 0. The Morgan fingerprint density at radius 1 is 1.56 bits per heavy atom. The molecule has 1 aromatic carbocycles. The van der Waals surface area contributed by atoms with Gasteiger partial charge in [0, 0.05) is 13.1 Å². The van der Waals surface area contributed by atoms with E-state index in [1.807, 2.05) is 0 Å².